The first-order chi connectivity index (χ1) is 15.2. The SMILES string of the molecule is O=C1CCC(N2Cc3c(CN4CCNCC4)cccc3C2=O)C(=O)N1OC(=O)C(F)(F)F. The average Bonchev–Trinajstić information content (AvgIpc) is 3.08. The largest absolute Gasteiger partial charge is 0.493 e. The molecule has 1 N–H and O–H groups in total. The van der Waals surface area contributed by atoms with Crippen LogP contribution in [0.15, 0.2) is 18.2 Å². The molecule has 1 unspecified atom stereocenters. The lowest BCUT2D eigenvalue weighted by Crippen LogP contribution is -2.55. The zero-order chi connectivity index (χ0) is 23.0. The van der Waals surface area contributed by atoms with Crippen molar-refractivity contribution in [1.29, 1.82) is 0 Å². The van der Waals surface area contributed by atoms with Gasteiger partial charge in [0.25, 0.3) is 17.7 Å². The van der Waals surface area contributed by atoms with Crippen LogP contribution >= 0.6 is 0 Å². The fraction of sp³-hybridized carbons (Fsp3) is 0.500. The number of hydrogen-bond acceptors (Lipinski definition) is 7. The van der Waals surface area contributed by atoms with Crippen molar-refractivity contribution < 1.29 is 37.2 Å². The molecule has 0 aromatic heterocycles. The summed E-state index contributed by atoms with van der Waals surface area (Å²) < 4.78 is 37.6. The lowest BCUT2D eigenvalue weighted by atomic mass is 10.0. The highest BCUT2D eigenvalue weighted by Crippen LogP contribution is 2.32. The molecule has 3 aliphatic heterocycles. The maximum absolute atomic E-state index is 13.0. The molecule has 4 rings (SSSR count). The van der Waals surface area contributed by atoms with E-state index < -0.39 is 35.9 Å². The van der Waals surface area contributed by atoms with Gasteiger partial charge >= 0.3 is 12.1 Å². The van der Waals surface area contributed by atoms with Gasteiger partial charge in [-0.05, 0) is 23.6 Å². The standard InChI is InChI=1S/C20H21F3N4O5/c21-20(22,23)19(31)32-27-16(28)5-4-15(18(27)30)26-11-14-12(2-1-3-13(14)17(26)29)10-25-8-6-24-7-9-25/h1-3,15,24H,4-11H2. The van der Waals surface area contributed by atoms with Gasteiger partial charge in [0.1, 0.15) is 6.04 Å². The summed E-state index contributed by atoms with van der Waals surface area (Å²) in [5, 5.41) is 3.10. The first-order valence-electron chi connectivity index (χ1n) is 10.2. The topological polar surface area (TPSA) is 99.3 Å². The highest BCUT2D eigenvalue weighted by molar-refractivity contribution is 6.05. The van der Waals surface area contributed by atoms with Crippen LogP contribution in [0.1, 0.15) is 34.3 Å². The number of amides is 3. The van der Waals surface area contributed by atoms with Crippen molar-refractivity contribution in [3.05, 3.63) is 34.9 Å². The van der Waals surface area contributed by atoms with Gasteiger partial charge in [0, 0.05) is 51.3 Å². The normalized spacial score (nSPS) is 22.3. The second kappa shape index (κ2) is 8.51. The van der Waals surface area contributed by atoms with Gasteiger partial charge in [-0.2, -0.15) is 13.2 Å². The third kappa shape index (κ3) is 4.19. The molecule has 32 heavy (non-hydrogen) atoms. The molecule has 0 spiro atoms. The molecular weight excluding hydrogens is 433 g/mol. The van der Waals surface area contributed by atoms with Gasteiger partial charge in [0.15, 0.2) is 0 Å². The van der Waals surface area contributed by atoms with Crippen LogP contribution in [-0.4, -0.2) is 77.0 Å². The quantitative estimate of drug-likeness (QED) is 0.665. The average molecular weight is 454 g/mol. The number of piperazine rings is 1. The minimum atomic E-state index is -5.37. The number of imide groups is 1. The fourth-order valence-electron chi connectivity index (χ4n) is 4.19. The molecule has 12 heteroatoms. The van der Waals surface area contributed by atoms with Crippen molar-refractivity contribution in [2.45, 2.75) is 38.1 Å². The second-order valence-corrected chi connectivity index (χ2v) is 7.86. The molecule has 2 saturated heterocycles. The number of rotatable bonds is 4. The van der Waals surface area contributed by atoms with Gasteiger partial charge in [0.2, 0.25) is 0 Å². The number of carbonyl (C=O) groups is 4. The van der Waals surface area contributed by atoms with E-state index in [-0.39, 0.29) is 24.4 Å². The van der Waals surface area contributed by atoms with Crippen LogP contribution in [0.4, 0.5) is 13.2 Å². The van der Waals surface area contributed by atoms with Crippen molar-refractivity contribution in [2.75, 3.05) is 26.2 Å². The van der Waals surface area contributed by atoms with Gasteiger partial charge in [-0.3, -0.25) is 19.3 Å². The van der Waals surface area contributed by atoms with Gasteiger partial charge in [-0.25, -0.2) is 4.79 Å². The maximum Gasteiger partial charge on any atom is 0.493 e. The third-order valence-electron chi connectivity index (χ3n) is 5.82. The summed E-state index contributed by atoms with van der Waals surface area (Å²) in [6.07, 6.45) is -5.77. The molecule has 2 fully saturated rings. The van der Waals surface area contributed by atoms with Crippen LogP contribution in [0.25, 0.3) is 0 Å². The molecule has 1 aromatic carbocycles. The predicted octanol–water partition coefficient (Wildman–Crippen LogP) is 0.586. The Hall–Kier alpha value is -2.99. The van der Waals surface area contributed by atoms with Crippen LogP contribution < -0.4 is 5.32 Å². The highest BCUT2D eigenvalue weighted by atomic mass is 19.4. The lowest BCUT2D eigenvalue weighted by molar-refractivity contribution is -0.238. The number of fused-ring (bicyclic) bond motifs is 1. The summed E-state index contributed by atoms with van der Waals surface area (Å²) >= 11 is 0. The molecule has 3 aliphatic rings. The number of nitrogens with one attached hydrogen (secondary N) is 1. The van der Waals surface area contributed by atoms with Crippen molar-refractivity contribution >= 4 is 23.7 Å². The Morgan fingerprint density at radius 2 is 1.88 bits per heavy atom. The molecule has 9 nitrogen and oxygen atoms in total. The van der Waals surface area contributed by atoms with E-state index in [0.29, 0.717) is 12.1 Å². The molecule has 0 aliphatic carbocycles. The van der Waals surface area contributed by atoms with Crippen molar-refractivity contribution in [3.8, 4) is 0 Å². The van der Waals surface area contributed by atoms with E-state index in [1.54, 1.807) is 12.1 Å². The monoisotopic (exact) mass is 454 g/mol. The van der Waals surface area contributed by atoms with Gasteiger partial charge in [0.05, 0.1) is 0 Å². The van der Waals surface area contributed by atoms with Gasteiger partial charge in [-0.1, -0.05) is 12.1 Å². The number of piperidine rings is 1. The number of hydrogen-bond donors (Lipinski definition) is 1. The van der Waals surface area contributed by atoms with Crippen molar-refractivity contribution in [3.63, 3.8) is 0 Å². The predicted molar refractivity (Wildman–Crippen MR) is 101 cm³/mol. The van der Waals surface area contributed by atoms with Gasteiger partial charge in [-0.15, -0.1) is 5.06 Å². The van der Waals surface area contributed by atoms with E-state index in [9.17, 15) is 32.3 Å². The Morgan fingerprint density at radius 3 is 2.56 bits per heavy atom. The summed E-state index contributed by atoms with van der Waals surface area (Å²) in [5.41, 5.74) is 2.10. The molecule has 3 heterocycles. The number of alkyl halides is 3. The molecule has 0 radical (unpaired) electrons. The van der Waals surface area contributed by atoms with E-state index in [2.05, 4.69) is 15.1 Å². The molecule has 1 atom stereocenters. The molecule has 0 bridgehead atoms. The van der Waals surface area contributed by atoms with Crippen LogP contribution in [0, 0.1) is 0 Å². The minimum absolute atomic E-state index is 0.0649. The highest BCUT2D eigenvalue weighted by Gasteiger charge is 2.49. The van der Waals surface area contributed by atoms with Crippen LogP contribution in [0.5, 0.6) is 0 Å². The van der Waals surface area contributed by atoms with Gasteiger partial charge < -0.3 is 15.1 Å². The summed E-state index contributed by atoms with van der Waals surface area (Å²) in [5.74, 6) is -5.35. The first-order valence-corrected chi connectivity index (χ1v) is 10.2. The summed E-state index contributed by atoms with van der Waals surface area (Å²) in [7, 11) is 0. The molecule has 3 amide bonds. The number of halogens is 3. The van der Waals surface area contributed by atoms with Crippen LogP contribution in [0.3, 0.4) is 0 Å². The first kappa shape index (κ1) is 22.2. The van der Waals surface area contributed by atoms with E-state index in [1.165, 1.54) is 4.90 Å². The summed E-state index contributed by atoms with van der Waals surface area (Å²) in [4.78, 5) is 56.3. The summed E-state index contributed by atoms with van der Waals surface area (Å²) in [6, 6.07) is 4.09. The van der Waals surface area contributed by atoms with E-state index in [1.807, 2.05) is 6.07 Å². The number of carbonyl (C=O) groups excluding carboxylic acids is 4. The molecule has 172 valence electrons. The zero-order valence-corrected chi connectivity index (χ0v) is 17.0. The number of benzene rings is 1. The Bertz CT molecular complexity index is 961. The third-order valence-corrected chi connectivity index (χ3v) is 5.82. The molecule has 1 aromatic rings. The zero-order valence-electron chi connectivity index (χ0n) is 17.0. The van der Waals surface area contributed by atoms with Crippen LogP contribution in [-0.2, 0) is 32.3 Å². The summed E-state index contributed by atoms with van der Waals surface area (Å²) in [6.45, 7) is 4.13. The Balaban J connectivity index is 1.52. The maximum atomic E-state index is 13.0. The van der Waals surface area contributed by atoms with Crippen molar-refractivity contribution in [1.82, 2.24) is 20.2 Å². The van der Waals surface area contributed by atoms with Crippen LogP contribution in [0.2, 0.25) is 0 Å². The van der Waals surface area contributed by atoms with E-state index in [4.69, 9.17) is 0 Å². The number of nitrogens with zero attached hydrogens (tertiary/aromatic N) is 3. The van der Waals surface area contributed by atoms with E-state index >= 15 is 0 Å². The Labute approximate surface area is 181 Å². The van der Waals surface area contributed by atoms with E-state index in [0.717, 1.165) is 37.3 Å². The second-order valence-electron chi connectivity index (χ2n) is 7.86. The molecule has 0 saturated carbocycles. The molecular formula is C20H21F3N4O5. The Morgan fingerprint density at radius 1 is 1.16 bits per heavy atom. The van der Waals surface area contributed by atoms with Crippen molar-refractivity contribution in [2.24, 2.45) is 0 Å². The smallest absolute Gasteiger partial charge is 0.322 e. The Kier molecular flexibility index (Phi) is 5.91. The number of hydroxylamine groups is 2. The minimum Gasteiger partial charge on any atom is -0.322 e. The lowest BCUT2D eigenvalue weighted by Gasteiger charge is -2.34. The fourth-order valence-corrected chi connectivity index (χ4v) is 4.19.